The summed E-state index contributed by atoms with van der Waals surface area (Å²) in [5.74, 6) is -3.34. The van der Waals surface area contributed by atoms with E-state index in [0.29, 0.717) is 11.6 Å². The number of urea groups is 1. The van der Waals surface area contributed by atoms with E-state index in [9.17, 15) is 22.8 Å². The van der Waals surface area contributed by atoms with Crippen LogP contribution in [0.5, 0.6) is 5.88 Å². The second-order valence-electron chi connectivity index (χ2n) is 4.72. The van der Waals surface area contributed by atoms with Gasteiger partial charge < -0.3 is 19.8 Å². The lowest BCUT2D eigenvalue weighted by Gasteiger charge is -2.15. The first-order valence-corrected chi connectivity index (χ1v) is 6.56. The molecular formula is C13H14F3N3O6. The highest BCUT2D eigenvalue weighted by molar-refractivity contribution is 5.98. The molecule has 2 N–H and O–H groups in total. The average molecular weight is 365 g/mol. The second kappa shape index (κ2) is 7.68. The number of carboxylic acid groups (broad SMARTS) is 2. The molecule has 138 valence electrons. The third kappa shape index (κ3) is 4.96. The SMILES string of the molecule is COc1ccc(N2CC(C(=O)O)N(C)C2=O)cn1.O=C(O)C(F)(F)F. The molecule has 2 rings (SSSR count). The van der Waals surface area contributed by atoms with Crippen molar-refractivity contribution in [1.82, 2.24) is 9.88 Å². The van der Waals surface area contributed by atoms with Gasteiger partial charge in [-0.25, -0.2) is 19.4 Å². The molecule has 0 bridgehead atoms. The third-order valence-electron chi connectivity index (χ3n) is 3.12. The monoisotopic (exact) mass is 365 g/mol. The minimum atomic E-state index is -5.08. The Labute approximate surface area is 139 Å². The predicted octanol–water partition coefficient (Wildman–Crippen LogP) is 1.05. The number of aliphatic carboxylic acids is 2. The minimum absolute atomic E-state index is 0.110. The zero-order valence-electron chi connectivity index (χ0n) is 13.0. The van der Waals surface area contributed by atoms with Crippen LogP contribution in [-0.4, -0.2) is 71.0 Å². The fourth-order valence-corrected chi connectivity index (χ4v) is 1.81. The van der Waals surface area contributed by atoms with E-state index in [0.717, 1.165) is 0 Å². The van der Waals surface area contributed by atoms with Crippen molar-refractivity contribution in [1.29, 1.82) is 0 Å². The van der Waals surface area contributed by atoms with Crippen LogP contribution in [0.3, 0.4) is 0 Å². The van der Waals surface area contributed by atoms with Crippen molar-refractivity contribution >= 4 is 23.7 Å². The number of aromatic nitrogens is 1. The first-order chi connectivity index (χ1) is 11.5. The highest BCUT2D eigenvalue weighted by Crippen LogP contribution is 2.23. The summed E-state index contributed by atoms with van der Waals surface area (Å²) in [6.45, 7) is 0.110. The topological polar surface area (TPSA) is 120 Å². The number of carbonyl (C=O) groups excluding carboxylic acids is 1. The summed E-state index contributed by atoms with van der Waals surface area (Å²) >= 11 is 0. The standard InChI is InChI=1S/C11H13N3O4.C2HF3O2/c1-13-8(10(15)16)6-14(11(13)17)7-3-4-9(18-2)12-5-7;3-2(4,5)1(6)7/h3-5,8H,6H2,1-2H3,(H,15,16);(H,6,7). The maximum absolute atomic E-state index is 11.9. The maximum Gasteiger partial charge on any atom is 0.490 e. The molecule has 0 saturated carbocycles. The van der Waals surface area contributed by atoms with E-state index in [4.69, 9.17) is 19.7 Å². The van der Waals surface area contributed by atoms with E-state index in [2.05, 4.69) is 4.98 Å². The average Bonchev–Trinajstić information content (AvgIpc) is 2.83. The molecule has 1 atom stereocenters. The van der Waals surface area contributed by atoms with Crippen LogP contribution in [0, 0.1) is 0 Å². The summed E-state index contributed by atoms with van der Waals surface area (Å²) < 4.78 is 36.7. The molecule has 2 heterocycles. The normalized spacial score (nSPS) is 17.0. The molecule has 1 aromatic rings. The molecule has 12 heteroatoms. The third-order valence-corrected chi connectivity index (χ3v) is 3.12. The molecule has 1 aromatic heterocycles. The first kappa shape index (κ1) is 20.0. The van der Waals surface area contributed by atoms with Gasteiger partial charge in [-0.05, 0) is 6.07 Å². The van der Waals surface area contributed by atoms with E-state index in [1.165, 1.54) is 30.2 Å². The Hall–Kier alpha value is -3.05. The van der Waals surface area contributed by atoms with Crippen LogP contribution in [0.2, 0.25) is 0 Å². The number of hydrogen-bond donors (Lipinski definition) is 2. The van der Waals surface area contributed by atoms with E-state index >= 15 is 0 Å². The van der Waals surface area contributed by atoms with Crippen molar-refractivity contribution in [3.63, 3.8) is 0 Å². The van der Waals surface area contributed by atoms with Gasteiger partial charge in [0.25, 0.3) is 0 Å². The second-order valence-corrected chi connectivity index (χ2v) is 4.72. The number of alkyl halides is 3. The number of carboxylic acids is 2. The molecular weight excluding hydrogens is 351 g/mol. The van der Waals surface area contributed by atoms with Crippen molar-refractivity contribution < 1.29 is 42.5 Å². The number of likely N-dealkylation sites (N-methyl/N-ethyl adjacent to an activating group) is 1. The molecule has 0 radical (unpaired) electrons. The van der Waals surface area contributed by atoms with Crippen LogP contribution in [0.1, 0.15) is 0 Å². The molecule has 9 nitrogen and oxygen atoms in total. The lowest BCUT2D eigenvalue weighted by atomic mass is 10.3. The number of ether oxygens (including phenoxy) is 1. The van der Waals surface area contributed by atoms with E-state index < -0.39 is 24.2 Å². The molecule has 0 spiro atoms. The number of nitrogens with zero attached hydrogens (tertiary/aromatic N) is 3. The fraction of sp³-hybridized carbons (Fsp3) is 0.385. The van der Waals surface area contributed by atoms with Gasteiger partial charge in [0, 0.05) is 13.1 Å². The number of carbonyl (C=O) groups is 3. The number of methoxy groups -OCH3 is 1. The lowest BCUT2D eigenvalue weighted by Crippen LogP contribution is -2.36. The summed E-state index contributed by atoms with van der Waals surface area (Å²) in [6.07, 6.45) is -3.60. The Morgan fingerprint density at radius 1 is 1.32 bits per heavy atom. The largest absolute Gasteiger partial charge is 0.490 e. The van der Waals surface area contributed by atoms with Gasteiger partial charge in [-0.15, -0.1) is 0 Å². The van der Waals surface area contributed by atoms with Crippen molar-refractivity contribution in [2.45, 2.75) is 12.2 Å². The summed E-state index contributed by atoms with van der Waals surface area (Å²) in [5, 5.41) is 16.1. The summed E-state index contributed by atoms with van der Waals surface area (Å²) in [5.41, 5.74) is 0.552. The zero-order chi connectivity index (χ0) is 19.4. The van der Waals surface area contributed by atoms with Gasteiger partial charge in [0.15, 0.2) is 0 Å². The molecule has 0 aliphatic carbocycles. The van der Waals surface area contributed by atoms with Crippen LogP contribution in [0.4, 0.5) is 23.7 Å². The van der Waals surface area contributed by atoms with Crippen molar-refractivity contribution in [3.05, 3.63) is 18.3 Å². The van der Waals surface area contributed by atoms with Gasteiger partial charge in [-0.3, -0.25) is 4.90 Å². The molecule has 1 unspecified atom stereocenters. The van der Waals surface area contributed by atoms with Crippen molar-refractivity contribution in [3.8, 4) is 5.88 Å². The minimum Gasteiger partial charge on any atom is -0.481 e. The first-order valence-electron chi connectivity index (χ1n) is 6.56. The number of halogens is 3. The molecule has 2 amide bonds. The summed E-state index contributed by atoms with van der Waals surface area (Å²) in [6, 6.07) is 2.10. The maximum atomic E-state index is 11.9. The quantitative estimate of drug-likeness (QED) is 0.821. The number of hydrogen-bond acceptors (Lipinski definition) is 5. The highest BCUT2D eigenvalue weighted by Gasteiger charge is 2.40. The molecule has 1 fully saturated rings. The predicted molar refractivity (Wildman–Crippen MR) is 76.4 cm³/mol. The highest BCUT2D eigenvalue weighted by atomic mass is 19.4. The van der Waals surface area contributed by atoms with Gasteiger partial charge in [0.2, 0.25) is 5.88 Å². The number of pyridine rings is 1. The Balaban J connectivity index is 0.000000381. The Bertz CT molecular complexity index is 649. The van der Waals surface area contributed by atoms with Gasteiger partial charge in [0.05, 0.1) is 25.5 Å². The van der Waals surface area contributed by atoms with Crippen LogP contribution in [0.15, 0.2) is 18.3 Å². The fourth-order valence-electron chi connectivity index (χ4n) is 1.81. The molecule has 1 aliphatic heterocycles. The van der Waals surface area contributed by atoms with Crippen LogP contribution >= 0.6 is 0 Å². The van der Waals surface area contributed by atoms with Crippen molar-refractivity contribution in [2.24, 2.45) is 0 Å². The molecule has 1 aliphatic rings. The number of amides is 2. The van der Waals surface area contributed by atoms with Crippen molar-refractivity contribution in [2.75, 3.05) is 25.6 Å². The summed E-state index contributed by atoms with van der Waals surface area (Å²) in [4.78, 5) is 38.3. The van der Waals surface area contributed by atoms with E-state index in [1.807, 2.05) is 0 Å². The van der Waals surface area contributed by atoms with E-state index in [-0.39, 0.29) is 12.6 Å². The van der Waals surface area contributed by atoms with Gasteiger partial charge in [-0.1, -0.05) is 0 Å². The zero-order valence-corrected chi connectivity index (χ0v) is 13.0. The van der Waals surface area contributed by atoms with Crippen LogP contribution < -0.4 is 9.64 Å². The van der Waals surface area contributed by atoms with Gasteiger partial charge in [0.1, 0.15) is 6.04 Å². The lowest BCUT2D eigenvalue weighted by molar-refractivity contribution is -0.192. The Morgan fingerprint density at radius 3 is 2.20 bits per heavy atom. The Kier molecular flexibility index (Phi) is 6.14. The van der Waals surface area contributed by atoms with Crippen LogP contribution in [-0.2, 0) is 9.59 Å². The Morgan fingerprint density at radius 2 is 1.88 bits per heavy atom. The summed E-state index contributed by atoms with van der Waals surface area (Å²) in [7, 11) is 2.97. The molecule has 25 heavy (non-hydrogen) atoms. The molecule has 0 aromatic carbocycles. The molecule has 1 saturated heterocycles. The smallest absolute Gasteiger partial charge is 0.481 e. The number of rotatable bonds is 3. The number of anilines is 1. The van der Waals surface area contributed by atoms with Gasteiger partial charge in [-0.2, -0.15) is 13.2 Å². The van der Waals surface area contributed by atoms with E-state index in [1.54, 1.807) is 12.1 Å². The van der Waals surface area contributed by atoms with Gasteiger partial charge >= 0.3 is 24.1 Å². The van der Waals surface area contributed by atoms with Crippen LogP contribution in [0.25, 0.3) is 0 Å².